The van der Waals surface area contributed by atoms with Gasteiger partial charge in [-0.2, -0.15) is 0 Å². The van der Waals surface area contributed by atoms with Crippen LogP contribution in [0.5, 0.6) is 0 Å². The molecule has 0 saturated heterocycles. The van der Waals surface area contributed by atoms with Crippen LogP contribution in [0.15, 0.2) is 0 Å². The van der Waals surface area contributed by atoms with Crippen LogP contribution < -0.4 is 5.32 Å². The zero-order chi connectivity index (χ0) is 6.41. The average Bonchev–Trinajstić information content (AvgIpc) is 1.83. The van der Waals surface area contributed by atoms with Crippen LogP contribution in [-0.4, -0.2) is 24.5 Å². The number of rotatable bonds is 3. The van der Waals surface area contributed by atoms with Crippen molar-refractivity contribution in [1.82, 2.24) is 5.32 Å². The van der Waals surface area contributed by atoms with Crippen LogP contribution in [0.2, 0.25) is 0 Å². The molecule has 0 bridgehead atoms. The molecule has 0 rings (SSSR count). The van der Waals surface area contributed by atoms with Crippen molar-refractivity contribution in [3.8, 4) is 0 Å². The van der Waals surface area contributed by atoms with Gasteiger partial charge in [0.2, 0.25) is 6.73 Å². The first-order chi connectivity index (χ1) is 3.81. The maximum atomic E-state index is 8.64. The molecule has 3 nitrogen and oxygen atoms in total. The average molecular weight is 118 g/mol. The Hall–Kier alpha value is -0.570. The van der Waals surface area contributed by atoms with E-state index >= 15 is 0 Å². The summed E-state index contributed by atoms with van der Waals surface area (Å²) in [6.45, 7) is 2.20. The van der Waals surface area contributed by atoms with Gasteiger partial charge in [0.15, 0.2) is 0 Å². The molecule has 0 atom stereocenters. The number of hydrogen-bond acceptors (Lipinski definition) is 2. The predicted octanol–water partition coefficient (Wildman–Crippen LogP) is 0.0923. The Kier molecular flexibility index (Phi) is 4.26. The molecule has 0 spiro atoms. The van der Waals surface area contributed by atoms with Crippen molar-refractivity contribution in [3.05, 3.63) is 0 Å². The van der Waals surface area contributed by atoms with E-state index in [1.807, 2.05) is 6.92 Å². The molecule has 0 aliphatic rings. The molecule has 48 valence electrons. The predicted molar refractivity (Wildman–Crippen MR) is 32.2 cm³/mol. The topological polar surface area (TPSA) is 42.7 Å². The van der Waals surface area contributed by atoms with Crippen LogP contribution in [0.1, 0.15) is 13.3 Å². The quantitative estimate of drug-likeness (QED) is 0.324. The van der Waals surface area contributed by atoms with Gasteiger partial charge in [-0.15, -0.1) is 0 Å². The van der Waals surface area contributed by atoms with Gasteiger partial charge in [-0.05, 0) is 14.0 Å². The molecule has 0 aromatic heterocycles. The summed E-state index contributed by atoms with van der Waals surface area (Å²) < 4.78 is 4.70. The van der Waals surface area contributed by atoms with E-state index in [9.17, 15) is 0 Å². The van der Waals surface area contributed by atoms with Crippen LogP contribution in [0.25, 0.3) is 0 Å². The van der Waals surface area contributed by atoms with E-state index in [1.165, 1.54) is 0 Å². The molecule has 2 N–H and O–H groups in total. The van der Waals surface area contributed by atoms with Gasteiger partial charge in [0, 0.05) is 0 Å². The fraction of sp³-hybridized carbons (Fsp3) is 0.800. The maximum absolute atomic E-state index is 8.64. The molecule has 8 heavy (non-hydrogen) atoms. The number of esters is 1. The molecular weight excluding hydrogens is 106 g/mol. The van der Waals surface area contributed by atoms with Gasteiger partial charge in [0.1, 0.15) is 0 Å². The third kappa shape index (κ3) is 3.61. The summed E-state index contributed by atoms with van der Waals surface area (Å²) in [6.07, 6.45) is 0.557. The molecule has 0 radical (unpaired) electrons. The Bertz CT molecular complexity index is 72.8. The molecule has 0 aliphatic heterocycles. The van der Waals surface area contributed by atoms with Crippen LogP contribution >= 0.6 is 0 Å². The molecule has 0 fully saturated rings. The Morgan fingerprint density at radius 2 is 2.38 bits per heavy atom. The molecule has 0 unspecified atom stereocenters. The van der Waals surface area contributed by atoms with Crippen LogP contribution in [-0.2, 0) is 4.74 Å². The van der Waals surface area contributed by atoms with Gasteiger partial charge in [-0.1, -0.05) is 0 Å². The molecule has 0 saturated carbocycles. The molecular formula is C5H12NO2+. The SMILES string of the molecule is CCC(=[OH+])OCNC. The van der Waals surface area contributed by atoms with Gasteiger partial charge in [0.25, 0.3) is 0 Å². The summed E-state index contributed by atoms with van der Waals surface area (Å²) in [5.74, 6) is 0.0827. The third-order valence-electron chi connectivity index (χ3n) is 0.686. The lowest BCUT2D eigenvalue weighted by atomic mass is 10.5. The highest BCUT2D eigenvalue weighted by Gasteiger charge is 2.04. The van der Waals surface area contributed by atoms with Crippen LogP contribution in [0.3, 0.4) is 0 Å². The highest BCUT2D eigenvalue weighted by Crippen LogP contribution is 1.79. The first-order valence-corrected chi connectivity index (χ1v) is 2.63. The molecule has 3 heteroatoms. The molecule has 0 aromatic carbocycles. The lowest BCUT2D eigenvalue weighted by molar-refractivity contribution is 0.247. The summed E-state index contributed by atoms with van der Waals surface area (Å²) in [4.78, 5) is 8.64. The van der Waals surface area contributed by atoms with Gasteiger partial charge in [-0.3, -0.25) is 5.32 Å². The highest BCUT2D eigenvalue weighted by atomic mass is 16.5. The number of ether oxygens (including phenoxy) is 1. The van der Waals surface area contributed by atoms with Gasteiger partial charge in [-0.25, -0.2) is 0 Å². The minimum absolute atomic E-state index is 0.0827. The van der Waals surface area contributed by atoms with Crippen molar-refractivity contribution in [2.45, 2.75) is 13.3 Å². The lowest BCUT2D eigenvalue weighted by Gasteiger charge is -1.88. The second kappa shape index (κ2) is 4.59. The zero-order valence-electron chi connectivity index (χ0n) is 5.27. The first kappa shape index (κ1) is 7.43. The van der Waals surface area contributed by atoms with E-state index in [1.54, 1.807) is 7.05 Å². The van der Waals surface area contributed by atoms with Gasteiger partial charge in [0.05, 0.1) is 6.42 Å². The van der Waals surface area contributed by atoms with Crippen molar-refractivity contribution in [2.75, 3.05) is 13.8 Å². The van der Waals surface area contributed by atoms with E-state index in [2.05, 4.69) is 5.32 Å². The second-order valence-electron chi connectivity index (χ2n) is 1.39. The molecule has 0 amide bonds. The zero-order valence-corrected chi connectivity index (χ0v) is 5.27. The van der Waals surface area contributed by atoms with Crippen molar-refractivity contribution in [1.29, 1.82) is 0 Å². The Balaban J connectivity index is 2.99. The lowest BCUT2D eigenvalue weighted by Crippen LogP contribution is -2.15. The maximum Gasteiger partial charge on any atom is 0.483 e. The molecule has 0 aliphatic carbocycles. The summed E-state index contributed by atoms with van der Waals surface area (Å²) in [5.41, 5.74) is 0. The number of carbonyl (C=O) groups excluding carboxylic acids is 1. The number of hydrogen-bond donors (Lipinski definition) is 1. The fourth-order valence-electron chi connectivity index (χ4n) is 0.258. The summed E-state index contributed by atoms with van der Waals surface area (Å²) in [6, 6.07) is 0. The Morgan fingerprint density at radius 1 is 1.75 bits per heavy atom. The van der Waals surface area contributed by atoms with E-state index in [0.717, 1.165) is 0 Å². The minimum Gasteiger partial charge on any atom is -0.339 e. The van der Waals surface area contributed by atoms with E-state index < -0.39 is 0 Å². The van der Waals surface area contributed by atoms with Crippen LogP contribution in [0, 0.1) is 0 Å². The van der Waals surface area contributed by atoms with Crippen molar-refractivity contribution >= 4 is 5.97 Å². The second-order valence-corrected chi connectivity index (χ2v) is 1.39. The fourth-order valence-corrected chi connectivity index (χ4v) is 0.258. The Labute approximate surface area is 49.0 Å². The molecule has 0 aromatic rings. The molecule has 0 heterocycles. The number of nitrogens with one attached hydrogen (secondary N) is 1. The summed E-state index contributed by atoms with van der Waals surface area (Å²) >= 11 is 0. The minimum atomic E-state index is 0.0827. The highest BCUT2D eigenvalue weighted by molar-refractivity contribution is 5.69. The van der Waals surface area contributed by atoms with Gasteiger partial charge >= 0.3 is 5.97 Å². The van der Waals surface area contributed by atoms with Crippen LogP contribution in [0.4, 0.5) is 0 Å². The van der Waals surface area contributed by atoms with E-state index in [4.69, 9.17) is 9.53 Å². The normalized spacial score (nSPS) is 8.75. The van der Waals surface area contributed by atoms with E-state index in [0.29, 0.717) is 13.2 Å². The smallest absolute Gasteiger partial charge is 0.339 e. The van der Waals surface area contributed by atoms with Crippen molar-refractivity contribution in [3.63, 3.8) is 0 Å². The Morgan fingerprint density at radius 3 is 2.75 bits per heavy atom. The van der Waals surface area contributed by atoms with Crippen molar-refractivity contribution < 1.29 is 9.53 Å². The summed E-state index contributed by atoms with van der Waals surface area (Å²) in [7, 11) is 1.75. The van der Waals surface area contributed by atoms with E-state index in [-0.39, 0.29) is 5.97 Å². The standard InChI is InChI=1S/C5H11NO2/c1-3-5(7)8-4-6-2/h6H,3-4H2,1-2H3/p+1. The van der Waals surface area contributed by atoms with Crippen molar-refractivity contribution in [2.24, 2.45) is 0 Å². The van der Waals surface area contributed by atoms with Gasteiger partial charge < -0.3 is 9.53 Å². The monoisotopic (exact) mass is 118 g/mol. The largest absolute Gasteiger partial charge is 0.483 e. The first-order valence-electron chi connectivity index (χ1n) is 2.63. The summed E-state index contributed by atoms with van der Waals surface area (Å²) in [5, 5.41) is 2.73. The third-order valence-corrected chi connectivity index (χ3v) is 0.686.